The lowest BCUT2D eigenvalue weighted by Crippen LogP contribution is -2.57. The van der Waals surface area contributed by atoms with Crippen LogP contribution in [0.4, 0.5) is 5.69 Å². The molecule has 3 aliphatic rings. The first-order chi connectivity index (χ1) is 16.4. The molecular formula is C28H45N5O. The zero-order valence-corrected chi connectivity index (χ0v) is 21.4. The summed E-state index contributed by atoms with van der Waals surface area (Å²) in [6.07, 6.45) is 11.4. The van der Waals surface area contributed by atoms with E-state index in [1.165, 1.54) is 57.8 Å². The van der Waals surface area contributed by atoms with Crippen LogP contribution in [0.25, 0.3) is 0 Å². The molecule has 1 heterocycles. The molecule has 0 bridgehead atoms. The number of nitrogens with one attached hydrogen (secondary N) is 2. The molecule has 4 rings (SSSR count). The summed E-state index contributed by atoms with van der Waals surface area (Å²) in [4.78, 5) is 19.6. The van der Waals surface area contributed by atoms with Gasteiger partial charge in [0.2, 0.25) is 0 Å². The van der Waals surface area contributed by atoms with E-state index in [-0.39, 0.29) is 5.78 Å². The first-order valence-electron chi connectivity index (χ1n) is 13.6. The van der Waals surface area contributed by atoms with E-state index >= 15 is 0 Å². The Morgan fingerprint density at radius 2 is 1.65 bits per heavy atom. The van der Waals surface area contributed by atoms with Gasteiger partial charge in [0.25, 0.3) is 0 Å². The molecule has 4 N–H and O–H groups in total. The summed E-state index contributed by atoms with van der Waals surface area (Å²) in [6.45, 7) is 7.96. The minimum atomic E-state index is 0.0878. The molecule has 1 aromatic rings. The molecule has 34 heavy (non-hydrogen) atoms. The number of carbonyl (C=O) groups excluding carboxylic acids is 1. The van der Waals surface area contributed by atoms with Crippen LogP contribution in [0.5, 0.6) is 0 Å². The van der Waals surface area contributed by atoms with Crippen LogP contribution in [0.2, 0.25) is 0 Å². The normalized spacial score (nSPS) is 32.9. The van der Waals surface area contributed by atoms with Crippen molar-refractivity contribution < 1.29 is 4.79 Å². The number of hydrogen-bond acceptors (Lipinski definition) is 4. The maximum absolute atomic E-state index is 11.9. The van der Waals surface area contributed by atoms with Gasteiger partial charge in [-0.05, 0) is 103 Å². The number of hydrogen-bond donors (Lipinski definition) is 3. The van der Waals surface area contributed by atoms with Gasteiger partial charge in [0.1, 0.15) is 0 Å². The fraction of sp³-hybridized carbons (Fsp3) is 0.714. The van der Waals surface area contributed by atoms with Crippen LogP contribution in [0, 0.1) is 11.8 Å². The fourth-order valence-electron chi connectivity index (χ4n) is 6.22. The highest BCUT2D eigenvalue weighted by Gasteiger charge is 2.28. The molecule has 1 saturated heterocycles. The molecule has 2 saturated carbocycles. The van der Waals surface area contributed by atoms with E-state index in [9.17, 15) is 4.79 Å². The Kier molecular flexibility index (Phi) is 8.65. The molecule has 188 valence electrons. The SMILES string of the molecule is CC(=O)c1cccc(NC(=NC2CCC(CC3CCC(N)CC3)CC2)N2CC(C)NC(C)C2)c1. The monoisotopic (exact) mass is 467 g/mol. The number of rotatable bonds is 5. The van der Waals surface area contributed by atoms with Gasteiger partial charge in [-0.15, -0.1) is 0 Å². The summed E-state index contributed by atoms with van der Waals surface area (Å²) in [5.41, 5.74) is 7.78. The second kappa shape index (κ2) is 11.7. The van der Waals surface area contributed by atoms with E-state index in [2.05, 4.69) is 29.4 Å². The topological polar surface area (TPSA) is 82.8 Å². The molecule has 2 aliphatic carbocycles. The van der Waals surface area contributed by atoms with Crippen molar-refractivity contribution in [2.75, 3.05) is 18.4 Å². The highest BCUT2D eigenvalue weighted by Crippen LogP contribution is 2.36. The van der Waals surface area contributed by atoms with Crippen molar-refractivity contribution in [3.8, 4) is 0 Å². The second-order valence-corrected chi connectivity index (χ2v) is 11.3. The summed E-state index contributed by atoms with van der Waals surface area (Å²) in [6, 6.07) is 9.44. The lowest BCUT2D eigenvalue weighted by Gasteiger charge is -2.39. The van der Waals surface area contributed by atoms with Gasteiger partial charge in [-0.1, -0.05) is 12.1 Å². The van der Waals surface area contributed by atoms with Crippen molar-refractivity contribution in [3.63, 3.8) is 0 Å². The van der Waals surface area contributed by atoms with E-state index in [4.69, 9.17) is 10.7 Å². The van der Waals surface area contributed by atoms with Gasteiger partial charge in [-0.3, -0.25) is 4.79 Å². The maximum atomic E-state index is 11.9. The number of nitrogens with zero attached hydrogens (tertiary/aromatic N) is 2. The second-order valence-electron chi connectivity index (χ2n) is 11.3. The van der Waals surface area contributed by atoms with E-state index in [1.54, 1.807) is 6.92 Å². The minimum absolute atomic E-state index is 0.0878. The molecule has 2 unspecified atom stereocenters. The van der Waals surface area contributed by atoms with E-state index < -0.39 is 0 Å². The van der Waals surface area contributed by atoms with Gasteiger partial charge >= 0.3 is 0 Å². The van der Waals surface area contributed by atoms with Crippen LogP contribution in [0.1, 0.15) is 88.9 Å². The van der Waals surface area contributed by atoms with Gasteiger partial charge in [0.15, 0.2) is 11.7 Å². The lowest BCUT2D eigenvalue weighted by molar-refractivity contribution is 0.101. The summed E-state index contributed by atoms with van der Waals surface area (Å²) < 4.78 is 0. The molecule has 2 atom stereocenters. The van der Waals surface area contributed by atoms with Gasteiger partial charge in [-0.25, -0.2) is 4.99 Å². The Balaban J connectivity index is 1.42. The van der Waals surface area contributed by atoms with E-state index in [1.807, 2.05) is 24.3 Å². The van der Waals surface area contributed by atoms with Crippen LogP contribution < -0.4 is 16.4 Å². The first kappa shape index (κ1) is 25.2. The molecule has 0 spiro atoms. The maximum Gasteiger partial charge on any atom is 0.198 e. The predicted molar refractivity (Wildman–Crippen MR) is 141 cm³/mol. The van der Waals surface area contributed by atoms with Crippen molar-refractivity contribution in [3.05, 3.63) is 29.8 Å². The Labute approximate surface area is 206 Å². The molecule has 0 amide bonds. The lowest BCUT2D eigenvalue weighted by atomic mass is 9.76. The largest absolute Gasteiger partial charge is 0.340 e. The third kappa shape index (κ3) is 7.05. The number of Topliss-reactive ketones (excluding diaryl/α,β-unsaturated/α-hetero) is 1. The predicted octanol–water partition coefficient (Wildman–Crippen LogP) is 4.81. The van der Waals surface area contributed by atoms with Crippen LogP contribution >= 0.6 is 0 Å². The molecule has 1 aromatic carbocycles. The number of anilines is 1. The van der Waals surface area contributed by atoms with Crippen molar-refractivity contribution >= 4 is 17.4 Å². The molecule has 6 heteroatoms. The van der Waals surface area contributed by atoms with E-state index in [0.29, 0.717) is 24.2 Å². The molecule has 0 radical (unpaired) electrons. The molecule has 6 nitrogen and oxygen atoms in total. The van der Waals surface area contributed by atoms with Gasteiger partial charge in [0.05, 0.1) is 6.04 Å². The van der Waals surface area contributed by atoms with Gasteiger partial charge in [-0.2, -0.15) is 0 Å². The number of benzene rings is 1. The van der Waals surface area contributed by atoms with Crippen molar-refractivity contribution in [1.29, 1.82) is 0 Å². The van der Waals surface area contributed by atoms with Crippen LogP contribution in [0.3, 0.4) is 0 Å². The van der Waals surface area contributed by atoms with Gasteiger partial charge in [0, 0.05) is 42.5 Å². The zero-order valence-electron chi connectivity index (χ0n) is 21.4. The first-order valence-corrected chi connectivity index (χ1v) is 13.6. The smallest absolute Gasteiger partial charge is 0.198 e. The average molecular weight is 468 g/mol. The van der Waals surface area contributed by atoms with Crippen molar-refractivity contribution in [2.45, 2.75) is 103 Å². The number of aliphatic imine (C=N–C) groups is 1. The number of piperazine rings is 1. The Hall–Kier alpha value is -1.92. The minimum Gasteiger partial charge on any atom is -0.340 e. The summed E-state index contributed by atoms with van der Waals surface area (Å²) in [7, 11) is 0. The summed E-state index contributed by atoms with van der Waals surface area (Å²) in [5, 5.41) is 7.22. The molecular weight excluding hydrogens is 422 g/mol. The third-order valence-electron chi connectivity index (χ3n) is 8.06. The molecule has 3 fully saturated rings. The molecule has 0 aromatic heterocycles. The Morgan fingerprint density at radius 3 is 2.26 bits per heavy atom. The fourth-order valence-corrected chi connectivity index (χ4v) is 6.22. The van der Waals surface area contributed by atoms with Crippen molar-refractivity contribution in [1.82, 2.24) is 10.2 Å². The Morgan fingerprint density at radius 1 is 1.03 bits per heavy atom. The van der Waals surface area contributed by atoms with Crippen LogP contribution in [-0.2, 0) is 0 Å². The standard InChI is InChI=1S/C28H45N5O/c1-19-17-33(18-20(2)30-19)28(32-27-6-4-5-24(16-27)21(3)34)31-26-13-9-23(10-14-26)15-22-7-11-25(29)12-8-22/h4-6,16,19-20,22-23,25-26,30H,7-15,17-18,29H2,1-3H3,(H,31,32). The van der Waals surface area contributed by atoms with Crippen LogP contribution in [-0.4, -0.2) is 53.9 Å². The van der Waals surface area contributed by atoms with Crippen molar-refractivity contribution in [2.24, 2.45) is 22.6 Å². The number of ketones is 1. The quantitative estimate of drug-likeness (QED) is 0.329. The highest BCUT2D eigenvalue weighted by molar-refractivity contribution is 5.98. The van der Waals surface area contributed by atoms with E-state index in [0.717, 1.165) is 42.1 Å². The third-order valence-corrected chi connectivity index (χ3v) is 8.06. The number of guanidine groups is 1. The average Bonchev–Trinajstić information content (AvgIpc) is 2.81. The van der Waals surface area contributed by atoms with Gasteiger partial charge < -0.3 is 21.3 Å². The number of carbonyl (C=O) groups is 1. The molecule has 1 aliphatic heterocycles. The highest BCUT2D eigenvalue weighted by atomic mass is 16.1. The number of nitrogens with two attached hydrogens (primary N) is 1. The van der Waals surface area contributed by atoms with Crippen LogP contribution in [0.15, 0.2) is 29.3 Å². The summed E-state index contributed by atoms with van der Waals surface area (Å²) in [5.74, 6) is 2.79. The summed E-state index contributed by atoms with van der Waals surface area (Å²) >= 11 is 0. The Bertz CT molecular complexity index is 829. The zero-order chi connectivity index (χ0) is 24.1.